The highest BCUT2D eigenvalue weighted by Gasteiger charge is 2.18. The van der Waals surface area contributed by atoms with Crippen LogP contribution in [0.25, 0.3) is 0 Å². The minimum absolute atomic E-state index is 0.416. The molecule has 0 aliphatic rings. The molecule has 0 aliphatic heterocycles. The first-order valence-corrected chi connectivity index (χ1v) is 8.48. The van der Waals surface area contributed by atoms with Crippen LogP contribution < -0.4 is 0 Å². The highest BCUT2D eigenvalue weighted by molar-refractivity contribution is 5.25. The number of aryl methyl sites for hydroxylation is 1. The van der Waals surface area contributed by atoms with E-state index in [9.17, 15) is 5.11 Å². The molecule has 1 aromatic carbocycles. The third-order valence-corrected chi connectivity index (χ3v) is 4.06. The molecule has 0 radical (unpaired) electrons. The summed E-state index contributed by atoms with van der Waals surface area (Å²) in [6.07, 6.45) is 0.641. The van der Waals surface area contributed by atoms with E-state index in [1.165, 1.54) is 11.1 Å². The second-order valence-electron chi connectivity index (χ2n) is 6.70. The van der Waals surface area contributed by atoms with Gasteiger partial charge in [0.1, 0.15) is 0 Å². The van der Waals surface area contributed by atoms with Crippen molar-refractivity contribution in [2.45, 2.75) is 59.7 Å². The number of hydrogen-bond acceptors (Lipinski definition) is 3. The van der Waals surface area contributed by atoms with Crippen LogP contribution in [0.15, 0.2) is 24.3 Å². The highest BCUT2D eigenvalue weighted by atomic mass is 16.5. The normalized spacial score (nSPS) is 14.5. The van der Waals surface area contributed by atoms with Gasteiger partial charge in [0, 0.05) is 25.7 Å². The molecule has 0 bridgehead atoms. The fourth-order valence-electron chi connectivity index (χ4n) is 2.43. The predicted octanol–water partition coefficient (Wildman–Crippen LogP) is 3.63. The molecule has 3 heteroatoms. The summed E-state index contributed by atoms with van der Waals surface area (Å²) in [7, 11) is 0. The SMILES string of the molecule is CCC(C)N(Cc1ccccc1C)CC(O)COCC(C)C. The Bertz CT molecular complexity index is 420. The molecule has 126 valence electrons. The van der Waals surface area contributed by atoms with Crippen LogP contribution >= 0.6 is 0 Å². The Morgan fingerprint density at radius 3 is 2.41 bits per heavy atom. The minimum atomic E-state index is -0.434. The Kier molecular flexibility index (Phi) is 8.69. The molecule has 2 unspecified atom stereocenters. The van der Waals surface area contributed by atoms with Crippen molar-refractivity contribution in [1.82, 2.24) is 4.90 Å². The second kappa shape index (κ2) is 9.98. The summed E-state index contributed by atoms with van der Waals surface area (Å²) < 4.78 is 5.57. The zero-order valence-corrected chi connectivity index (χ0v) is 14.9. The van der Waals surface area contributed by atoms with Crippen LogP contribution in [0.5, 0.6) is 0 Å². The second-order valence-corrected chi connectivity index (χ2v) is 6.70. The average Bonchev–Trinajstić information content (AvgIpc) is 2.47. The quantitative estimate of drug-likeness (QED) is 0.716. The summed E-state index contributed by atoms with van der Waals surface area (Å²) in [6.45, 7) is 13.5. The molecule has 0 aromatic heterocycles. The summed E-state index contributed by atoms with van der Waals surface area (Å²) in [5.41, 5.74) is 2.64. The van der Waals surface area contributed by atoms with Crippen molar-refractivity contribution < 1.29 is 9.84 Å². The molecule has 22 heavy (non-hydrogen) atoms. The van der Waals surface area contributed by atoms with Gasteiger partial charge in [0.25, 0.3) is 0 Å². The zero-order valence-electron chi connectivity index (χ0n) is 14.9. The summed E-state index contributed by atoms with van der Waals surface area (Å²) in [5.74, 6) is 0.504. The fraction of sp³-hybridized carbons (Fsp3) is 0.684. The first kappa shape index (κ1) is 19.1. The van der Waals surface area contributed by atoms with E-state index >= 15 is 0 Å². The third-order valence-electron chi connectivity index (χ3n) is 4.06. The van der Waals surface area contributed by atoms with Crippen molar-refractivity contribution in [1.29, 1.82) is 0 Å². The molecule has 0 spiro atoms. The van der Waals surface area contributed by atoms with Crippen molar-refractivity contribution in [2.75, 3.05) is 19.8 Å². The largest absolute Gasteiger partial charge is 0.389 e. The van der Waals surface area contributed by atoms with Gasteiger partial charge >= 0.3 is 0 Å². The lowest BCUT2D eigenvalue weighted by Crippen LogP contribution is -2.40. The van der Waals surface area contributed by atoms with Crippen molar-refractivity contribution >= 4 is 0 Å². The van der Waals surface area contributed by atoms with Gasteiger partial charge in [-0.25, -0.2) is 0 Å². The Morgan fingerprint density at radius 1 is 1.14 bits per heavy atom. The van der Waals surface area contributed by atoms with Gasteiger partial charge in [0.05, 0.1) is 12.7 Å². The Morgan fingerprint density at radius 2 is 1.82 bits per heavy atom. The number of hydrogen-bond donors (Lipinski definition) is 1. The van der Waals surface area contributed by atoms with Gasteiger partial charge in [-0.2, -0.15) is 0 Å². The summed E-state index contributed by atoms with van der Waals surface area (Å²) in [6, 6.07) is 8.92. The maximum atomic E-state index is 10.3. The number of nitrogens with zero attached hydrogens (tertiary/aromatic N) is 1. The number of aliphatic hydroxyl groups is 1. The van der Waals surface area contributed by atoms with Crippen molar-refractivity contribution in [3.05, 3.63) is 35.4 Å². The molecule has 1 aromatic rings. The third kappa shape index (κ3) is 6.91. The molecule has 0 saturated carbocycles. The predicted molar refractivity (Wildman–Crippen MR) is 93.0 cm³/mol. The average molecular weight is 307 g/mol. The van der Waals surface area contributed by atoms with E-state index in [0.29, 0.717) is 31.7 Å². The maximum Gasteiger partial charge on any atom is 0.0900 e. The van der Waals surface area contributed by atoms with E-state index in [2.05, 4.69) is 63.8 Å². The lowest BCUT2D eigenvalue weighted by atomic mass is 10.1. The van der Waals surface area contributed by atoms with Gasteiger partial charge in [-0.15, -0.1) is 0 Å². The topological polar surface area (TPSA) is 32.7 Å². The molecule has 1 rings (SSSR count). The Labute approximate surface area is 136 Å². The van der Waals surface area contributed by atoms with Gasteiger partial charge in [0.15, 0.2) is 0 Å². The van der Waals surface area contributed by atoms with Crippen molar-refractivity contribution in [2.24, 2.45) is 5.92 Å². The van der Waals surface area contributed by atoms with Crippen molar-refractivity contribution in [3.63, 3.8) is 0 Å². The first-order valence-electron chi connectivity index (χ1n) is 8.48. The first-order chi connectivity index (χ1) is 10.4. The van der Waals surface area contributed by atoms with E-state index in [1.807, 2.05) is 0 Å². The van der Waals surface area contributed by atoms with Crippen LogP contribution in [0.1, 0.15) is 45.2 Å². The van der Waals surface area contributed by atoms with Crippen LogP contribution in [-0.2, 0) is 11.3 Å². The highest BCUT2D eigenvalue weighted by Crippen LogP contribution is 2.15. The minimum Gasteiger partial charge on any atom is -0.389 e. The molecule has 2 atom stereocenters. The van der Waals surface area contributed by atoms with E-state index in [4.69, 9.17) is 4.74 Å². The standard InChI is InChI=1S/C19H33NO2/c1-6-17(5)20(11-18-10-8-7-9-16(18)4)12-19(21)14-22-13-15(2)3/h7-10,15,17,19,21H,6,11-14H2,1-5H3. The lowest BCUT2D eigenvalue weighted by molar-refractivity contribution is 0.0000882. The lowest BCUT2D eigenvalue weighted by Gasteiger charge is -2.31. The van der Waals surface area contributed by atoms with E-state index in [0.717, 1.165) is 13.0 Å². The molecule has 3 nitrogen and oxygen atoms in total. The molecule has 0 amide bonds. The number of rotatable bonds is 10. The molecule has 1 N–H and O–H groups in total. The summed E-state index contributed by atoms with van der Waals surface area (Å²) in [4.78, 5) is 2.35. The van der Waals surface area contributed by atoms with E-state index in [1.54, 1.807) is 0 Å². The molecular weight excluding hydrogens is 274 g/mol. The zero-order chi connectivity index (χ0) is 16.5. The monoisotopic (exact) mass is 307 g/mol. The van der Waals surface area contributed by atoms with E-state index < -0.39 is 6.10 Å². The molecule has 0 fully saturated rings. The fourth-order valence-corrected chi connectivity index (χ4v) is 2.43. The molecular formula is C19H33NO2. The van der Waals surface area contributed by atoms with Gasteiger partial charge in [0.2, 0.25) is 0 Å². The number of aliphatic hydroxyl groups excluding tert-OH is 1. The molecule has 0 aliphatic carbocycles. The number of ether oxygens (including phenoxy) is 1. The van der Waals surface area contributed by atoms with Gasteiger partial charge in [-0.3, -0.25) is 4.90 Å². The van der Waals surface area contributed by atoms with Crippen LogP contribution in [0.2, 0.25) is 0 Å². The van der Waals surface area contributed by atoms with Gasteiger partial charge in [-0.05, 0) is 37.3 Å². The number of benzene rings is 1. The van der Waals surface area contributed by atoms with Crippen LogP contribution in [-0.4, -0.2) is 41.9 Å². The molecule has 0 saturated heterocycles. The van der Waals surface area contributed by atoms with Gasteiger partial charge in [-0.1, -0.05) is 45.0 Å². The smallest absolute Gasteiger partial charge is 0.0900 e. The van der Waals surface area contributed by atoms with Crippen molar-refractivity contribution in [3.8, 4) is 0 Å². The van der Waals surface area contributed by atoms with Crippen LogP contribution in [0, 0.1) is 12.8 Å². The van der Waals surface area contributed by atoms with Crippen LogP contribution in [0.4, 0.5) is 0 Å². The Hall–Kier alpha value is -0.900. The Balaban J connectivity index is 2.59. The van der Waals surface area contributed by atoms with Crippen LogP contribution in [0.3, 0.4) is 0 Å². The van der Waals surface area contributed by atoms with E-state index in [-0.39, 0.29) is 0 Å². The summed E-state index contributed by atoms with van der Waals surface area (Å²) >= 11 is 0. The van der Waals surface area contributed by atoms with Gasteiger partial charge < -0.3 is 9.84 Å². The summed E-state index contributed by atoms with van der Waals surface area (Å²) in [5, 5.41) is 10.3. The maximum absolute atomic E-state index is 10.3. The molecule has 0 heterocycles.